The second-order valence-corrected chi connectivity index (χ2v) is 6.61. The predicted molar refractivity (Wildman–Crippen MR) is 105 cm³/mol. The highest BCUT2D eigenvalue weighted by Gasteiger charge is 2.20. The summed E-state index contributed by atoms with van der Waals surface area (Å²) < 4.78 is 19.3. The molecule has 3 rings (SSSR count). The SMILES string of the molecule is C[C@H](NC(=O)[C@@H](C)OC(=O)Cn1cnc2ccccc2c1=O)c1ccc(F)cc1. The minimum atomic E-state index is -1.06. The summed E-state index contributed by atoms with van der Waals surface area (Å²) in [7, 11) is 0. The number of rotatable bonds is 6. The monoisotopic (exact) mass is 397 g/mol. The van der Waals surface area contributed by atoms with Crippen molar-refractivity contribution in [2.75, 3.05) is 0 Å². The van der Waals surface area contributed by atoms with Crippen molar-refractivity contribution in [1.82, 2.24) is 14.9 Å². The smallest absolute Gasteiger partial charge is 0.326 e. The Balaban J connectivity index is 1.60. The highest BCUT2D eigenvalue weighted by Crippen LogP contribution is 2.13. The lowest BCUT2D eigenvalue weighted by Crippen LogP contribution is -2.38. The molecule has 7 nitrogen and oxygen atoms in total. The van der Waals surface area contributed by atoms with E-state index in [0.717, 1.165) is 4.57 Å². The Hall–Kier alpha value is -3.55. The molecule has 1 amide bonds. The number of fused-ring (bicyclic) bond motifs is 1. The predicted octanol–water partition coefficient (Wildman–Crippen LogP) is 2.34. The van der Waals surface area contributed by atoms with E-state index in [2.05, 4.69) is 10.3 Å². The van der Waals surface area contributed by atoms with Gasteiger partial charge < -0.3 is 10.1 Å². The number of carbonyl (C=O) groups is 2. The van der Waals surface area contributed by atoms with Crippen LogP contribution in [-0.4, -0.2) is 27.5 Å². The summed E-state index contributed by atoms with van der Waals surface area (Å²) in [4.78, 5) is 41.0. The fraction of sp³-hybridized carbons (Fsp3) is 0.238. The third kappa shape index (κ3) is 4.84. The molecule has 3 aromatic rings. The molecular weight excluding hydrogens is 377 g/mol. The van der Waals surface area contributed by atoms with Gasteiger partial charge in [-0.05, 0) is 43.7 Å². The van der Waals surface area contributed by atoms with E-state index in [1.165, 1.54) is 25.4 Å². The second-order valence-electron chi connectivity index (χ2n) is 6.61. The molecule has 0 aliphatic heterocycles. The molecule has 0 unspecified atom stereocenters. The molecule has 0 bridgehead atoms. The number of ether oxygens (including phenoxy) is 1. The zero-order chi connectivity index (χ0) is 21.0. The van der Waals surface area contributed by atoms with Crippen molar-refractivity contribution >= 4 is 22.8 Å². The number of halogens is 1. The first kappa shape index (κ1) is 20.2. The Kier molecular flexibility index (Phi) is 6.01. The van der Waals surface area contributed by atoms with Gasteiger partial charge in [0.15, 0.2) is 6.10 Å². The summed E-state index contributed by atoms with van der Waals surface area (Å²) >= 11 is 0. The Morgan fingerprint density at radius 1 is 1.14 bits per heavy atom. The summed E-state index contributed by atoms with van der Waals surface area (Å²) in [5.41, 5.74) is 0.881. The number of esters is 1. The number of carbonyl (C=O) groups excluding carboxylic acids is 2. The van der Waals surface area contributed by atoms with Gasteiger partial charge >= 0.3 is 5.97 Å². The van der Waals surface area contributed by atoms with E-state index in [4.69, 9.17) is 4.74 Å². The van der Waals surface area contributed by atoms with Crippen LogP contribution in [0, 0.1) is 5.82 Å². The van der Waals surface area contributed by atoms with Crippen LogP contribution in [-0.2, 0) is 20.9 Å². The quantitative estimate of drug-likeness (QED) is 0.645. The van der Waals surface area contributed by atoms with Gasteiger partial charge in [0.25, 0.3) is 11.5 Å². The number of hydrogen-bond acceptors (Lipinski definition) is 5. The van der Waals surface area contributed by atoms with Crippen LogP contribution >= 0.6 is 0 Å². The molecule has 150 valence electrons. The number of amides is 1. The van der Waals surface area contributed by atoms with E-state index in [-0.39, 0.29) is 17.9 Å². The van der Waals surface area contributed by atoms with Crippen molar-refractivity contribution in [1.29, 1.82) is 0 Å². The topological polar surface area (TPSA) is 90.3 Å². The lowest BCUT2D eigenvalue weighted by molar-refractivity contribution is -0.155. The zero-order valence-electron chi connectivity index (χ0n) is 16.0. The summed E-state index contributed by atoms with van der Waals surface area (Å²) in [6.45, 7) is 2.81. The molecule has 0 spiro atoms. The number of aromatic nitrogens is 2. The lowest BCUT2D eigenvalue weighted by atomic mass is 10.1. The molecule has 1 heterocycles. The molecule has 1 aromatic heterocycles. The number of benzene rings is 2. The maximum absolute atomic E-state index is 13.0. The van der Waals surface area contributed by atoms with E-state index in [1.54, 1.807) is 43.3 Å². The first-order chi connectivity index (χ1) is 13.8. The van der Waals surface area contributed by atoms with Crippen LogP contribution in [0.5, 0.6) is 0 Å². The average molecular weight is 397 g/mol. The Morgan fingerprint density at radius 2 is 1.83 bits per heavy atom. The summed E-state index contributed by atoms with van der Waals surface area (Å²) in [5, 5.41) is 3.09. The van der Waals surface area contributed by atoms with E-state index in [0.29, 0.717) is 16.5 Å². The summed E-state index contributed by atoms with van der Waals surface area (Å²) in [6.07, 6.45) is 0.210. The van der Waals surface area contributed by atoms with Gasteiger partial charge in [-0.3, -0.25) is 19.0 Å². The fourth-order valence-electron chi connectivity index (χ4n) is 2.81. The standard InChI is InChI=1S/C21H20FN3O4/c1-13(15-7-9-16(22)10-8-15)24-20(27)14(2)29-19(26)11-25-12-23-18-6-4-3-5-17(18)21(25)28/h3-10,12-14H,11H2,1-2H3,(H,24,27)/t13-,14+/m0/s1. The van der Waals surface area contributed by atoms with Crippen LogP contribution in [0.1, 0.15) is 25.5 Å². The number of para-hydroxylation sites is 1. The Labute approximate surface area is 166 Å². The van der Waals surface area contributed by atoms with Crippen LogP contribution < -0.4 is 10.9 Å². The van der Waals surface area contributed by atoms with Gasteiger partial charge in [0.2, 0.25) is 0 Å². The maximum atomic E-state index is 13.0. The van der Waals surface area contributed by atoms with Gasteiger partial charge in [0, 0.05) is 0 Å². The van der Waals surface area contributed by atoms with Gasteiger partial charge in [-0.1, -0.05) is 24.3 Å². The van der Waals surface area contributed by atoms with E-state index >= 15 is 0 Å². The number of nitrogens with one attached hydrogen (secondary N) is 1. The largest absolute Gasteiger partial charge is 0.451 e. The van der Waals surface area contributed by atoms with E-state index in [1.807, 2.05) is 0 Å². The summed E-state index contributed by atoms with van der Waals surface area (Å²) in [6, 6.07) is 12.1. The van der Waals surface area contributed by atoms with Crippen LogP contribution in [0.2, 0.25) is 0 Å². The molecule has 8 heteroatoms. The minimum absolute atomic E-state index is 0.359. The van der Waals surface area contributed by atoms with Crippen LogP contribution in [0.3, 0.4) is 0 Å². The van der Waals surface area contributed by atoms with Gasteiger partial charge in [-0.25, -0.2) is 9.37 Å². The fourth-order valence-corrected chi connectivity index (χ4v) is 2.81. The van der Waals surface area contributed by atoms with Gasteiger partial charge in [0.05, 0.1) is 23.3 Å². The first-order valence-electron chi connectivity index (χ1n) is 9.04. The van der Waals surface area contributed by atoms with E-state index in [9.17, 15) is 18.8 Å². The maximum Gasteiger partial charge on any atom is 0.326 e. The minimum Gasteiger partial charge on any atom is -0.451 e. The highest BCUT2D eigenvalue weighted by atomic mass is 19.1. The van der Waals surface area contributed by atoms with Gasteiger partial charge in [-0.15, -0.1) is 0 Å². The Morgan fingerprint density at radius 3 is 2.55 bits per heavy atom. The average Bonchev–Trinajstić information content (AvgIpc) is 2.70. The van der Waals surface area contributed by atoms with Crippen LogP contribution in [0.25, 0.3) is 10.9 Å². The number of nitrogens with zero attached hydrogens (tertiary/aromatic N) is 2. The second kappa shape index (κ2) is 8.64. The molecule has 0 saturated carbocycles. The van der Waals surface area contributed by atoms with Crippen molar-refractivity contribution in [3.63, 3.8) is 0 Å². The van der Waals surface area contributed by atoms with Crippen molar-refractivity contribution < 1.29 is 18.7 Å². The molecule has 0 aliphatic carbocycles. The molecule has 29 heavy (non-hydrogen) atoms. The van der Waals surface area contributed by atoms with Crippen molar-refractivity contribution in [2.45, 2.75) is 32.5 Å². The molecule has 0 fully saturated rings. The number of hydrogen-bond donors (Lipinski definition) is 1. The summed E-state index contributed by atoms with van der Waals surface area (Å²) in [5.74, 6) is -1.60. The van der Waals surface area contributed by atoms with Gasteiger partial charge in [0.1, 0.15) is 12.4 Å². The Bertz CT molecular complexity index is 1100. The molecule has 1 N–H and O–H groups in total. The normalized spacial score (nSPS) is 12.9. The molecule has 0 aliphatic rings. The third-order valence-corrected chi connectivity index (χ3v) is 4.44. The molecular formula is C21H20FN3O4. The molecule has 0 radical (unpaired) electrons. The highest BCUT2D eigenvalue weighted by molar-refractivity contribution is 5.83. The van der Waals surface area contributed by atoms with Crippen molar-refractivity contribution in [2.24, 2.45) is 0 Å². The molecule has 2 aromatic carbocycles. The van der Waals surface area contributed by atoms with Crippen molar-refractivity contribution in [3.8, 4) is 0 Å². The zero-order valence-corrected chi connectivity index (χ0v) is 16.0. The molecule has 0 saturated heterocycles. The third-order valence-electron chi connectivity index (χ3n) is 4.44. The lowest BCUT2D eigenvalue weighted by Gasteiger charge is -2.18. The van der Waals surface area contributed by atoms with Gasteiger partial charge in [-0.2, -0.15) is 0 Å². The van der Waals surface area contributed by atoms with Crippen LogP contribution in [0.4, 0.5) is 4.39 Å². The molecule has 2 atom stereocenters. The van der Waals surface area contributed by atoms with Crippen LogP contribution in [0.15, 0.2) is 59.7 Å². The first-order valence-corrected chi connectivity index (χ1v) is 9.04. The van der Waals surface area contributed by atoms with E-state index < -0.39 is 24.0 Å². The van der Waals surface area contributed by atoms with Crippen molar-refractivity contribution in [3.05, 3.63) is 76.6 Å².